The molecule has 144 valence electrons. The maximum absolute atomic E-state index is 6.94. The van der Waals surface area contributed by atoms with E-state index in [0.717, 1.165) is 0 Å². The highest BCUT2D eigenvalue weighted by Gasteiger charge is 2.48. The molecule has 0 radical (unpaired) electrons. The van der Waals surface area contributed by atoms with Gasteiger partial charge in [0.2, 0.25) is 0 Å². The molecule has 0 bridgehead atoms. The Bertz CT molecular complexity index is 486. The van der Waals surface area contributed by atoms with Gasteiger partial charge in [0.25, 0.3) is 0 Å². The molecule has 1 nitrogen and oxygen atoms in total. The van der Waals surface area contributed by atoms with Gasteiger partial charge in [-0.3, -0.25) is 0 Å². The molecular weight excluding hydrogens is 401 g/mol. The first-order valence-corrected chi connectivity index (χ1v) is 17.2. The molecule has 2 aliphatic heterocycles. The maximum Gasteiger partial charge on any atom is 0.184 e. The highest BCUT2D eigenvalue weighted by atomic mass is 32.2. The Morgan fingerprint density at radius 3 is 2.16 bits per heavy atom. The van der Waals surface area contributed by atoms with Gasteiger partial charge in [-0.15, -0.1) is 47.0 Å². The predicted octanol–water partition coefficient (Wildman–Crippen LogP) is 6.92. The van der Waals surface area contributed by atoms with Crippen molar-refractivity contribution in [2.45, 2.75) is 69.9 Å². The van der Waals surface area contributed by atoms with Gasteiger partial charge in [-0.05, 0) is 79.3 Å². The first-order chi connectivity index (χ1) is 11.8. The summed E-state index contributed by atoms with van der Waals surface area (Å²) in [4.78, 5) is 0. The van der Waals surface area contributed by atoms with Gasteiger partial charge in [-0.2, -0.15) is 0 Å². The first-order valence-electron chi connectivity index (χ1n) is 9.68. The minimum Gasteiger partial charge on any atom is -0.414 e. The van der Waals surface area contributed by atoms with Gasteiger partial charge in [0.05, 0.1) is 10.7 Å². The maximum atomic E-state index is 6.94. The zero-order valence-corrected chi connectivity index (χ0v) is 20.7. The van der Waals surface area contributed by atoms with Crippen molar-refractivity contribution in [1.82, 2.24) is 0 Å². The summed E-state index contributed by atoms with van der Waals surface area (Å²) in [6.07, 6.45) is 5.69. The summed E-state index contributed by atoms with van der Waals surface area (Å²) in [5.41, 5.74) is 2.06. The van der Waals surface area contributed by atoms with Crippen LogP contribution in [0.1, 0.15) is 39.5 Å². The fourth-order valence-corrected chi connectivity index (χ4v) is 11.2. The second-order valence-electron chi connectivity index (χ2n) is 8.99. The minimum atomic E-state index is -1.57. The van der Waals surface area contributed by atoms with Crippen LogP contribution in [0.25, 0.3) is 0 Å². The van der Waals surface area contributed by atoms with E-state index in [9.17, 15) is 0 Å². The van der Waals surface area contributed by atoms with Crippen molar-refractivity contribution in [1.29, 1.82) is 0 Å². The molecule has 0 N–H and O–H groups in total. The molecule has 2 saturated heterocycles. The third-order valence-electron chi connectivity index (χ3n) is 5.18. The van der Waals surface area contributed by atoms with Crippen LogP contribution in [0.5, 0.6) is 0 Å². The third kappa shape index (κ3) is 5.44. The highest BCUT2D eigenvalue weighted by Crippen LogP contribution is 2.55. The molecule has 0 unspecified atom stereocenters. The molecule has 1 aliphatic carbocycles. The molecule has 0 aromatic heterocycles. The zero-order chi connectivity index (χ0) is 18.1. The van der Waals surface area contributed by atoms with Gasteiger partial charge < -0.3 is 4.43 Å². The van der Waals surface area contributed by atoms with Crippen LogP contribution < -0.4 is 0 Å². The lowest BCUT2D eigenvalue weighted by molar-refractivity contribution is 0.0103. The van der Waals surface area contributed by atoms with Gasteiger partial charge in [0, 0.05) is 10.2 Å². The Kier molecular flexibility index (Phi) is 7.38. The summed E-state index contributed by atoms with van der Waals surface area (Å²) in [6, 6.07) is 0. The van der Waals surface area contributed by atoms with E-state index in [2.05, 4.69) is 80.5 Å². The number of hydrogen-bond acceptors (Lipinski definition) is 5. The van der Waals surface area contributed by atoms with E-state index in [0.29, 0.717) is 16.6 Å². The fraction of sp³-hybridized carbons (Fsp3) is 0.895. The van der Waals surface area contributed by atoms with Crippen LogP contribution >= 0.6 is 47.0 Å². The second kappa shape index (κ2) is 8.77. The van der Waals surface area contributed by atoms with Crippen molar-refractivity contribution in [3.05, 3.63) is 9.81 Å². The van der Waals surface area contributed by atoms with Gasteiger partial charge in [-0.25, -0.2) is 0 Å². The van der Waals surface area contributed by atoms with E-state index in [4.69, 9.17) is 4.43 Å². The Morgan fingerprint density at radius 1 is 0.960 bits per heavy atom. The quantitative estimate of drug-likeness (QED) is 0.444. The van der Waals surface area contributed by atoms with Crippen LogP contribution in [0, 0.1) is 11.3 Å². The summed E-state index contributed by atoms with van der Waals surface area (Å²) in [5, 5.41) is 0. The lowest BCUT2D eigenvalue weighted by atomic mass is 9.68. The molecule has 3 rings (SSSR count). The molecule has 25 heavy (non-hydrogen) atoms. The molecule has 2 heterocycles. The fourth-order valence-electron chi connectivity index (χ4n) is 3.92. The molecular formula is C19H34OS4Si. The molecule has 0 aromatic rings. The normalized spacial score (nSPS) is 32.0. The van der Waals surface area contributed by atoms with Crippen LogP contribution in [0.2, 0.25) is 19.6 Å². The van der Waals surface area contributed by atoms with Crippen molar-refractivity contribution in [2.24, 2.45) is 11.3 Å². The van der Waals surface area contributed by atoms with Crippen molar-refractivity contribution in [3.63, 3.8) is 0 Å². The highest BCUT2D eigenvalue weighted by molar-refractivity contribution is 8.22. The number of hydrogen-bond donors (Lipinski definition) is 0. The molecule has 0 spiro atoms. The molecule has 0 aromatic carbocycles. The zero-order valence-electron chi connectivity index (χ0n) is 16.4. The average molecular weight is 435 g/mol. The summed E-state index contributed by atoms with van der Waals surface area (Å²) in [5.74, 6) is 5.89. The number of thioether (sulfide) groups is 4. The second-order valence-corrected chi connectivity index (χ2v) is 18.7. The van der Waals surface area contributed by atoms with Crippen molar-refractivity contribution >= 4 is 55.4 Å². The first kappa shape index (κ1) is 21.0. The molecule has 3 aliphatic rings. The van der Waals surface area contributed by atoms with E-state index < -0.39 is 8.32 Å². The monoisotopic (exact) mass is 434 g/mol. The Balaban J connectivity index is 1.97. The van der Waals surface area contributed by atoms with Crippen LogP contribution in [0.3, 0.4) is 0 Å². The number of rotatable bonds is 3. The molecule has 2 atom stereocenters. The summed E-state index contributed by atoms with van der Waals surface area (Å²) in [6.45, 7) is 12.0. The standard InChI is InChI=1S/C19H34OS4Si/c1-19(2)9-8-14(17-21-10-6-11-22-17)15(16(19)20-25(3,4)5)18-23-12-7-13-24-18/h15-16,18H,6-13H2,1-5H3/t15-,16+/m0/s1. The van der Waals surface area contributed by atoms with Gasteiger partial charge >= 0.3 is 0 Å². The van der Waals surface area contributed by atoms with Gasteiger partial charge in [0.15, 0.2) is 8.32 Å². The van der Waals surface area contributed by atoms with E-state index in [1.807, 2.05) is 0 Å². The summed E-state index contributed by atoms with van der Waals surface area (Å²) >= 11 is 8.70. The average Bonchev–Trinajstić information content (AvgIpc) is 2.57. The van der Waals surface area contributed by atoms with Crippen LogP contribution in [-0.2, 0) is 4.43 Å². The summed E-state index contributed by atoms with van der Waals surface area (Å²) in [7, 11) is -1.57. The van der Waals surface area contributed by atoms with Gasteiger partial charge in [-0.1, -0.05) is 13.8 Å². The minimum absolute atomic E-state index is 0.289. The lowest BCUT2D eigenvalue weighted by Gasteiger charge is -2.50. The van der Waals surface area contributed by atoms with Crippen molar-refractivity contribution < 1.29 is 4.43 Å². The van der Waals surface area contributed by atoms with Crippen LogP contribution in [-0.4, -0.2) is 42.0 Å². The SMILES string of the molecule is CC1(C)CCC(=C2SCCCS2)[C@H](C2SCCCS2)[C@H]1O[Si](C)(C)C. The van der Waals surface area contributed by atoms with Crippen LogP contribution in [0.4, 0.5) is 0 Å². The van der Waals surface area contributed by atoms with E-state index in [1.54, 1.807) is 9.81 Å². The topological polar surface area (TPSA) is 9.23 Å². The molecule has 1 saturated carbocycles. The Hall–Kier alpha value is 1.32. The predicted molar refractivity (Wildman–Crippen MR) is 125 cm³/mol. The molecule has 6 heteroatoms. The largest absolute Gasteiger partial charge is 0.414 e. The van der Waals surface area contributed by atoms with Crippen molar-refractivity contribution in [2.75, 3.05) is 23.0 Å². The van der Waals surface area contributed by atoms with E-state index >= 15 is 0 Å². The van der Waals surface area contributed by atoms with Crippen molar-refractivity contribution in [3.8, 4) is 0 Å². The Morgan fingerprint density at radius 2 is 1.56 bits per heavy atom. The van der Waals surface area contributed by atoms with Gasteiger partial charge in [0.1, 0.15) is 0 Å². The van der Waals surface area contributed by atoms with E-state index in [-0.39, 0.29) is 5.41 Å². The lowest BCUT2D eigenvalue weighted by Crippen LogP contribution is -2.51. The molecule has 3 fully saturated rings. The third-order valence-corrected chi connectivity index (χ3v) is 12.0. The smallest absolute Gasteiger partial charge is 0.184 e. The van der Waals surface area contributed by atoms with Crippen LogP contribution in [0.15, 0.2) is 9.81 Å². The summed E-state index contributed by atoms with van der Waals surface area (Å²) < 4.78 is 9.30. The Labute approximate surface area is 173 Å². The van der Waals surface area contributed by atoms with E-state index in [1.165, 1.54) is 48.7 Å². The molecule has 0 amide bonds.